The topological polar surface area (TPSA) is 61.9 Å². The number of tetrazole rings is 1. The van der Waals surface area contributed by atoms with Gasteiger partial charge in [0, 0.05) is 12.6 Å². The van der Waals surface area contributed by atoms with Gasteiger partial charge in [-0.3, -0.25) is 0 Å². The first-order valence-electron chi connectivity index (χ1n) is 8.48. The Bertz CT molecular complexity index is 1080. The number of hydrogen-bond acceptors (Lipinski definition) is 4. The zero-order chi connectivity index (χ0) is 20.6. The van der Waals surface area contributed by atoms with E-state index >= 15 is 0 Å². The monoisotopic (exact) mass is 392 g/mol. The van der Waals surface area contributed by atoms with E-state index in [2.05, 4.69) is 10.4 Å². The van der Waals surface area contributed by atoms with Crippen LogP contribution in [0.15, 0.2) is 35.1 Å². The predicted octanol–water partition coefficient (Wildman–Crippen LogP) is 3.49. The Hall–Kier alpha value is -3.10. The lowest BCUT2D eigenvalue weighted by Crippen LogP contribution is -2.24. The number of ether oxygens (including phenoxy) is 1. The number of hydrogen-bond donors (Lipinski definition) is 0. The summed E-state index contributed by atoms with van der Waals surface area (Å²) in [5.41, 5.74) is 1.10. The lowest BCUT2D eigenvalue weighted by atomic mass is 10.0. The third-order valence-electron chi connectivity index (χ3n) is 4.57. The second-order valence-corrected chi connectivity index (χ2v) is 6.59. The van der Waals surface area contributed by atoms with Gasteiger partial charge in [0.25, 0.3) is 0 Å². The average molecular weight is 392 g/mol. The van der Waals surface area contributed by atoms with E-state index < -0.39 is 17.4 Å². The van der Waals surface area contributed by atoms with Crippen LogP contribution >= 0.6 is 0 Å². The standard InChI is InChI=1S/C19H19F3N4O2/c1-11-8-13(3)17(9-12(11)2)28-10-14-15(19(20,21)22)6-5-7-16(14)26-18(27)25(4)23-24-26/h5-9H,10H2,1-4H3. The van der Waals surface area contributed by atoms with Gasteiger partial charge in [0.1, 0.15) is 12.4 Å². The molecule has 0 N–H and O–H groups in total. The van der Waals surface area contributed by atoms with Crippen LogP contribution in [0.1, 0.15) is 27.8 Å². The highest BCUT2D eigenvalue weighted by molar-refractivity contribution is 5.47. The quantitative estimate of drug-likeness (QED) is 0.682. The summed E-state index contributed by atoms with van der Waals surface area (Å²) in [5.74, 6) is 0.484. The second kappa shape index (κ2) is 7.14. The number of rotatable bonds is 4. The van der Waals surface area contributed by atoms with E-state index in [0.29, 0.717) is 5.75 Å². The molecule has 0 aliphatic carbocycles. The van der Waals surface area contributed by atoms with Gasteiger partial charge in [-0.05, 0) is 66.1 Å². The van der Waals surface area contributed by atoms with Gasteiger partial charge in [0.05, 0.1) is 11.3 Å². The number of halogens is 3. The van der Waals surface area contributed by atoms with E-state index in [4.69, 9.17) is 4.74 Å². The summed E-state index contributed by atoms with van der Waals surface area (Å²) in [5, 5.41) is 7.24. The van der Waals surface area contributed by atoms with Crippen LogP contribution in [0.5, 0.6) is 5.75 Å². The highest BCUT2D eigenvalue weighted by Crippen LogP contribution is 2.35. The molecule has 6 nitrogen and oxygen atoms in total. The number of alkyl halides is 3. The van der Waals surface area contributed by atoms with Crippen LogP contribution in [0.4, 0.5) is 13.2 Å². The van der Waals surface area contributed by atoms with Crippen molar-refractivity contribution >= 4 is 0 Å². The van der Waals surface area contributed by atoms with E-state index in [1.807, 2.05) is 26.8 Å². The summed E-state index contributed by atoms with van der Waals surface area (Å²) in [4.78, 5) is 12.2. The molecule has 0 fully saturated rings. The van der Waals surface area contributed by atoms with Crippen molar-refractivity contribution in [3.63, 3.8) is 0 Å². The van der Waals surface area contributed by atoms with Crippen molar-refractivity contribution in [2.45, 2.75) is 33.6 Å². The van der Waals surface area contributed by atoms with E-state index in [9.17, 15) is 18.0 Å². The van der Waals surface area contributed by atoms with Crippen LogP contribution < -0.4 is 10.4 Å². The van der Waals surface area contributed by atoms with Crippen molar-refractivity contribution < 1.29 is 17.9 Å². The second-order valence-electron chi connectivity index (χ2n) is 6.59. The molecule has 0 atom stereocenters. The van der Waals surface area contributed by atoms with Crippen molar-refractivity contribution in [2.75, 3.05) is 0 Å². The van der Waals surface area contributed by atoms with Crippen LogP contribution in [0.25, 0.3) is 5.69 Å². The molecule has 1 heterocycles. The largest absolute Gasteiger partial charge is 0.489 e. The molecule has 0 aliphatic rings. The van der Waals surface area contributed by atoms with E-state index in [0.717, 1.165) is 32.1 Å². The van der Waals surface area contributed by atoms with Crippen LogP contribution in [0, 0.1) is 20.8 Å². The van der Waals surface area contributed by atoms with Gasteiger partial charge in [-0.2, -0.15) is 22.5 Å². The molecular formula is C19H19F3N4O2. The minimum absolute atomic E-state index is 0.0191. The molecule has 0 spiro atoms. The first kappa shape index (κ1) is 19.7. The van der Waals surface area contributed by atoms with Crippen molar-refractivity contribution in [3.05, 3.63) is 68.6 Å². The molecule has 3 aromatic rings. The van der Waals surface area contributed by atoms with Crippen molar-refractivity contribution in [1.29, 1.82) is 0 Å². The molecular weight excluding hydrogens is 373 g/mol. The molecule has 148 valence electrons. The maximum absolute atomic E-state index is 13.6. The molecule has 28 heavy (non-hydrogen) atoms. The van der Waals surface area contributed by atoms with Gasteiger partial charge < -0.3 is 4.74 Å². The summed E-state index contributed by atoms with van der Waals surface area (Å²) in [6.07, 6.45) is -4.61. The van der Waals surface area contributed by atoms with E-state index in [1.54, 1.807) is 6.07 Å². The average Bonchev–Trinajstić information content (AvgIpc) is 2.95. The Morgan fingerprint density at radius 1 is 1.04 bits per heavy atom. The Morgan fingerprint density at radius 2 is 1.71 bits per heavy atom. The van der Waals surface area contributed by atoms with Crippen LogP contribution in [-0.4, -0.2) is 19.8 Å². The Kier molecular flexibility index (Phi) is 5.01. The summed E-state index contributed by atoms with van der Waals surface area (Å²) in [6, 6.07) is 7.27. The van der Waals surface area contributed by atoms with Gasteiger partial charge in [0.2, 0.25) is 0 Å². The molecule has 1 aromatic heterocycles. The fourth-order valence-electron chi connectivity index (χ4n) is 2.89. The van der Waals surface area contributed by atoms with Crippen molar-refractivity contribution in [3.8, 4) is 11.4 Å². The number of aromatic nitrogens is 4. The summed E-state index contributed by atoms with van der Waals surface area (Å²) in [7, 11) is 1.37. The maximum Gasteiger partial charge on any atom is 0.416 e. The molecule has 3 rings (SSSR count). The SMILES string of the molecule is Cc1cc(C)c(OCc2c(-n3nnn(C)c3=O)cccc2C(F)(F)F)cc1C. The number of benzene rings is 2. The fourth-order valence-corrected chi connectivity index (χ4v) is 2.89. The molecule has 0 bridgehead atoms. The summed E-state index contributed by atoms with van der Waals surface area (Å²) >= 11 is 0. The van der Waals surface area contributed by atoms with Crippen molar-refractivity contribution in [2.24, 2.45) is 7.05 Å². The van der Waals surface area contributed by atoms with Gasteiger partial charge in [0.15, 0.2) is 0 Å². The van der Waals surface area contributed by atoms with E-state index in [1.165, 1.54) is 19.2 Å². The first-order chi connectivity index (χ1) is 13.1. The predicted molar refractivity (Wildman–Crippen MR) is 96.6 cm³/mol. The zero-order valence-electron chi connectivity index (χ0n) is 15.8. The third kappa shape index (κ3) is 3.64. The maximum atomic E-state index is 13.6. The minimum atomic E-state index is -4.61. The highest BCUT2D eigenvalue weighted by atomic mass is 19.4. The summed E-state index contributed by atoms with van der Waals surface area (Å²) < 4.78 is 48.3. The lowest BCUT2D eigenvalue weighted by molar-refractivity contribution is -0.138. The molecule has 0 radical (unpaired) electrons. The normalized spacial score (nSPS) is 11.7. The van der Waals surface area contributed by atoms with Gasteiger partial charge in [-0.1, -0.05) is 12.1 Å². The summed E-state index contributed by atoms with van der Waals surface area (Å²) in [6.45, 7) is 5.29. The molecule has 0 amide bonds. The Labute approximate surface area is 159 Å². The molecule has 0 saturated heterocycles. The fraction of sp³-hybridized carbons (Fsp3) is 0.316. The van der Waals surface area contributed by atoms with E-state index in [-0.39, 0.29) is 17.9 Å². The van der Waals surface area contributed by atoms with Crippen molar-refractivity contribution in [1.82, 2.24) is 19.8 Å². The molecule has 0 saturated carbocycles. The molecule has 0 unspecified atom stereocenters. The van der Waals surface area contributed by atoms with Gasteiger partial charge >= 0.3 is 11.9 Å². The smallest absolute Gasteiger partial charge is 0.416 e. The first-order valence-corrected chi connectivity index (χ1v) is 8.48. The molecule has 0 aliphatic heterocycles. The van der Waals surface area contributed by atoms with Crippen LogP contribution in [-0.2, 0) is 19.8 Å². The Balaban J connectivity index is 2.09. The Morgan fingerprint density at radius 3 is 2.32 bits per heavy atom. The molecule has 2 aromatic carbocycles. The van der Waals surface area contributed by atoms with Gasteiger partial charge in [-0.15, -0.1) is 0 Å². The molecule has 9 heteroatoms. The van der Waals surface area contributed by atoms with Crippen LogP contribution in [0.2, 0.25) is 0 Å². The van der Waals surface area contributed by atoms with Gasteiger partial charge in [-0.25, -0.2) is 4.79 Å². The zero-order valence-corrected chi connectivity index (χ0v) is 15.8. The third-order valence-corrected chi connectivity index (χ3v) is 4.57. The van der Waals surface area contributed by atoms with Crippen LogP contribution in [0.3, 0.4) is 0 Å². The number of aryl methyl sites for hydroxylation is 4. The minimum Gasteiger partial charge on any atom is -0.489 e. The number of nitrogens with zero attached hydrogens (tertiary/aromatic N) is 4. The lowest BCUT2D eigenvalue weighted by Gasteiger charge is -2.18. The highest BCUT2D eigenvalue weighted by Gasteiger charge is 2.35.